The largest absolute Gasteiger partial charge is 0.341 e. The lowest BCUT2D eigenvalue weighted by atomic mass is 10.00. The average molecular weight is 726 g/mol. The van der Waals surface area contributed by atoms with Gasteiger partial charge in [0.2, 0.25) is 11.8 Å². The van der Waals surface area contributed by atoms with Crippen LogP contribution in [-0.2, 0) is 16.0 Å². The van der Waals surface area contributed by atoms with E-state index in [9.17, 15) is 19.2 Å². The molecule has 10 nitrogen and oxygen atoms in total. The Balaban J connectivity index is 1.10. The second kappa shape index (κ2) is 15.1. The molecule has 0 radical (unpaired) electrons. The van der Waals surface area contributed by atoms with Crippen LogP contribution in [0.25, 0.3) is 0 Å². The number of halogens is 2. The fraction of sp³-hybridized carbons (Fsp3) is 0.444. The normalized spacial score (nSPS) is 21.2. The summed E-state index contributed by atoms with van der Waals surface area (Å²) in [4.78, 5) is 62.3. The molecule has 2 aromatic carbocycles. The van der Waals surface area contributed by atoms with E-state index in [-0.39, 0.29) is 41.9 Å². The van der Waals surface area contributed by atoms with Crippen LogP contribution in [0.15, 0.2) is 53.9 Å². The predicted molar refractivity (Wildman–Crippen MR) is 192 cm³/mol. The zero-order valence-corrected chi connectivity index (χ0v) is 30.3. The van der Waals surface area contributed by atoms with E-state index in [2.05, 4.69) is 15.5 Å². The maximum Gasteiger partial charge on any atom is 0.315 e. The van der Waals surface area contributed by atoms with Gasteiger partial charge in [-0.25, -0.2) is 4.79 Å². The molecule has 6 rings (SSSR count). The van der Waals surface area contributed by atoms with Crippen molar-refractivity contribution in [3.8, 4) is 0 Å². The maximum atomic E-state index is 13.9. The first kappa shape index (κ1) is 35.2. The molecule has 0 saturated carbocycles. The molecule has 1 aromatic heterocycles. The third-order valence-electron chi connectivity index (χ3n) is 9.85. The Bertz CT molecular complexity index is 1700. The van der Waals surface area contributed by atoms with Crippen molar-refractivity contribution in [2.24, 2.45) is 0 Å². The highest BCUT2D eigenvalue weighted by Gasteiger charge is 2.47. The zero-order chi connectivity index (χ0) is 34.8. The van der Waals surface area contributed by atoms with Crippen LogP contribution in [0.3, 0.4) is 0 Å². The number of carbonyl (C=O) groups excluding carboxylic acids is 4. The van der Waals surface area contributed by atoms with E-state index >= 15 is 0 Å². The molecular weight excluding hydrogens is 683 g/mol. The summed E-state index contributed by atoms with van der Waals surface area (Å²) in [5.41, 5.74) is 3.53. The van der Waals surface area contributed by atoms with Gasteiger partial charge < -0.3 is 25.3 Å². The van der Waals surface area contributed by atoms with Crippen molar-refractivity contribution in [3.05, 3.63) is 91.1 Å². The minimum atomic E-state index is -0.647. The zero-order valence-electron chi connectivity index (χ0n) is 28.0. The van der Waals surface area contributed by atoms with Crippen molar-refractivity contribution in [1.29, 1.82) is 0 Å². The number of nitrogens with one attached hydrogen (secondary N) is 2. The molecule has 49 heavy (non-hydrogen) atoms. The number of amides is 5. The van der Waals surface area contributed by atoms with Crippen LogP contribution in [0.4, 0.5) is 4.79 Å². The van der Waals surface area contributed by atoms with E-state index in [1.807, 2.05) is 70.3 Å². The Morgan fingerprint density at radius 1 is 0.918 bits per heavy atom. The van der Waals surface area contributed by atoms with E-state index in [1.54, 1.807) is 23.5 Å². The molecule has 0 aliphatic carbocycles. The Morgan fingerprint density at radius 2 is 1.69 bits per heavy atom. The molecule has 0 unspecified atom stereocenters. The second-order valence-electron chi connectivity index (χ2n) is 13.2. The number of likely N-dealkylation sites (tertiary alicyclic amines) is 2. The monoisotopic (exact) mass is 724 g/mol. The predicted octanol–water partition coefficient (Wildman–Crippen LogP) is 4.91. The lowest BCUT2D eigenvalue weighted by Gasteiger charge is -2.42. The number of aryl methyl sites for hydroxylation is 2. The van der Waals surface area contributed by atoms with Gasteiger partial charge in [-0.2, -0.15) is 0 Å². The highest BCUT2D eigenvalue weighted by molar-refractivity contribution is 7.09. The summed E-state index contributed by atoms with van der Waals surface area (Å²) in [6.45, 7) is 6.96. The van der Waals surface area contributed by atoms with E-state index in [0.29, 0.717) is 67.7 Å². The van der Waals surface area contributed by atoms with Crippen LogP contribution < -0.4 is 10.6 Å². The molecule has 3 fully saturated rings. The Morgan fingerprint density at radius 3 is 2.35 bits per heavy atom. The summed E-state index contributed by atoms with van der Waals surface area (Å²) in [6.07, 6.45) is 1.61. The van der Waals surface area contributed by atoms with Crippen molar-refractivity contribution in [1.82, 2.24) is 30.2 Å². The first-order valence-corrected chi connectivity index (χ1v) is 18.3. The summed E-state index contributed by atoms with van der Waals surface area (Å²) in [7, 11) is 1.54. The molecule has 0 spiro atoms. The minimum Gasteiger partial charge on any atom is -0.341 e. The number of rotatable bonds is 9. The van der Waals surface area contributed by atoms with E-state index in [4.69, 9.17) is 23.2 Å². The van der Waals surface area contributed by atoms with Gasteiger partial charge in [0.05, 0.1) is 16.1 Å². The van der Waals surface area contributed by atoms with Gasteiger partial charge in [-0.05, 0) is 61.5 Å². The number of fused-ring (bicyclic) bond motifs is 2. The Labute approximate surface area is 301 Å². The SMILES string of the molecule is CNC(=O)N[C@H](Cc1cccs1)C(=O)N1C[C@@H]2C[C@H]1CN2CCC(=O)N1CCN(C(=O)c2cc(C)cc(C)c2)C[C@H]1c1ccc(Cl)c(Cl)c1. The third-order valence-corrected chi connectivity index (χ3v) is 11.5. The number of hydrogen-bond acceptors (Lipinski definition) is 6. The summed E-state index contributed by atoms with van der Waals surface area (Å²) >= 11 is 14.2. The van der Waals surface area contributed by atoms with Crippen molar-refractivity contribution in [2.75, 3.05) is 46.3 Å². The fourth-order valence-corrected chi connectivity index (χ4v) is 8.55. The number of carbonyl (C=O) groups is 4. The van der Waals surface area contributed by atoms with Crippen LogP contribution in [0.1, 0.15) is 50.8 Å². The van der Waals surface area contributed by atoms with Gasteiger partial charge in [-0.15, -0.1) is 11.3 Å². The fourth-order valence-electron chi connectivity index (χ4n) is 7.49. The molecule has 2 N–H and O–H groups in total. The van der Waals surface area contributed by atoms with Gasteiger partial charge >= 0.3 is 6.03 Å². The summed E-state index contributed by atoms with van der Waals surface area (Å²) < 4.78 is 0. The Hall–Kier alpha value is -3.64. The smallest absolute Gasteiger partial charge is 0.315 e. The van der Waals surface area contributed by atoms with Gasteiger partial charge in [-0.1, -0.05) is 52.5 Å². The highest BCUT2D eigenvalue weighted by Crippen LogP contribution is 2.34. The molecule has 13 heteroatoms. The standard InChI is InChI=1S/C36H42Cl2N6O4S/c1-22-13-23(2)15-25(14-22)34(46)42-10-11-43(32(21-42)24-6-7-29(37)30(38)16-24)33(45)8-9-41-19-27-17-26(41)20-44(27)35(47)31(40-36(48)39-3)18-28-5-4-12-49-28/h4-7,12-16,26-27,31-32H,8-11,17-21H2,1-3H3,(H2,39,40,48)/t26-,27-,31+,32-/m0/s1. The molecule has 4 heterocycles. The van der Waals surface area contributed by atoms with Gasteiger partial charge in [0.15, 0.2) is 0 Å². The van der Waals surface area contributed by atoms with E-state index in [1.165, 1.54) is 7.05 Å². The first-order valence-electron chi connectivity index (χ1n) is 16.7. The van der Waals surface area contributed by atoms with Crippen LogP contribution in [0.2, 0.25) is 10.0 Å². The van der Waals surface area contributed by atoms with Crippen LogP contribution >= 0.6 is 34.5 Å². The quantitative estimate of drug-likeness (QED) is 0.327. The summed E-state index contributed by atoms with van der Waals surface area (Å²) in [6, 6.07) is 14.0. The number of piperazine rings is 2. The number of benzene rings is 2. The van der Waals surface area contributed by atoms with Crippen LogP contribution in [0.5, 0.6) is 0 Å². The molecule has 3 saturated heterocycles. The number of thiophene rings is 1. The van der Waals surface area contributed by atoms with Crippen molar-refractivity contribution in [3.63, 3.8) is 0 Å². The molecule has 3 aliphatic rings. The van der Waals surface area contributed by atoms with Crippen LogP contribution in [0, 0.1) is 13.8 Å². The first-order chi connectivity index (χ1) is 23.5. The van der Waals surface area contributed by atoms with Gasteiger partial charge in [0, 0.05) is 81.7 Å². The van der Waals surface area contributed by atoms with Crippen molar-refractivity contribution in [2.45, 2.75) is 57.3 Å². The Kier molecular flexibility index (Phi) is 10.8. The van der Waals surface area contributed by atoms with Crippen molar-refractivity contribution >= 4 is 58.3 Å². The molecule has 3 aliphatic heterocycles. The summed E-state index contributed by atoms with van der Waals surface area (Å²) in [5, 5.41) is 8.20. The van der Waals surface area contributed by atoms with Crippen molar-refractivity contribution < 1.29 is 19.2 Å². The lowest BCUT2D eigenvalue weighted by Crippen LogP contribution is -2.57. The number of urea groups is 1. The number of nitrogens with zero attached hydrogens (tertiary/aromatic N) is 4. The maximum absolute atomic E-state index is 13.9. The highest BCUT2D eigenvalue weighted by atomic mass is 35.5. The van der Waals surface area contributed by atoms with Crippen LogP contribution in [-0.4, -0.2) is 108 Å². The van der Waals surface area contributed by atoms with Gasteiger partial charge in [0.1, 0.15) is 6.04 Å². The topological polar surface area (TPSA) is 105 Å². The lowest BCUT2D eigenvalue weighted by molar-refractivity contribution is -0.138. The van der Waals surface area contributed by atoms with Gasteiger partial charge in [-0.3, -0.25) is 19.3 Å². The summed E-state index contributed by atoms with van der Waals surface area (Å²) in [5.74, 6) is -0.117. The minimum absolute atomic E-state index is 0.0102. The van der Waals surface area contributed by atoms with Gasteiger partial charge in [0.25, 0.3) is 5.91 Å². The molecule has 3 aromatic rings. The van der Waals surface area contributed by atoms with E-state index in [0.717, 1.165) is 28.0 Å². The molecule has 260 valence electrons. The molecule has 5 amide bonds. The third kappa shape index (κ3) is 7.90. The molecule has 2 bridgehead atoms. The molecular formula is C36H42Cl2N6O4S. The number of hydrogen-bond donors (Lipinski definition) is 2. The average Bonchev–Trinajstić information content (AvgIpc) is 3.85. The molecule has 4 atom stereocenters. The second-order valence-corrected chi connectivity index (χ2v) is 15.1. The van der Waals surface area contributed by atoms with E-state index < -0.39 is 6.04 Å².